The maximum absolute atomic E-state index is 13.8. The van der Waals surface area contributed by atoms with Gasteiger partial charge in [-0.3, -0.25) is 4.90 Å². The fraction of sp³-hybridized carbons (Fsp3) is 0.625. The molecule has 1 aromatic carbocycles. The number of halogens is 1. The zero-order chi connectivity index (χ0) is 14.4. The van der Waals surface area contributed by atoms with E-state index in [-0.39, 0.29) is 11.9 Å². The van der Waals surface area contributed by atoms with Crippen LogP contribution in [0, 0.1) is 11.7 Å². The van der Waals surface area contributed by atoms with Gasteiger partial charge in [0, 0.05) is 17.6 Å². The predicted molar refractivity (Wildman–Crippen MR) is 79.7 cm³/mol. The van der Waals surface area contributed by atoms with Crippen LogP contribution in [0.15, 0.2) is 24.3 Å². The first-order valence-electron chi connectivity index (χ1n) is 7.16. The molecule has 0 amide bonds. The average molecular weight is 266 g/mol. The fourth-order valence-corrected chi connectivity index (χ4v) is 2.33. The molecule has 1 aromatic rings. The fourth-order valence-electron chi connectivity index (χ4n) is 2.33. The van der Waals surface area contributed by atoms with Crippen LogP contribution in [-0.2, 0) is 0 Å². The normalized spacial score (nSPS) is 16.4. The van der Waals surface area contributed by atoms with E-state index in [1.165, 1.54) is 6.07 Å². The number of nitrogens with one attached hydrogen (secondary N) is 1. The molecule has 2 nitrogen and oxygen atoms in total. The van der Waals surface area contributed by atoms with Crippen LogP contribution < -0.4 is 5.32 Å². The summed E-state index contributed by atoms with van der Waals surface area (Å²) in [5.41, 5.74) is 0.771. The highest BCUT2D eigenvalue weighted by Gasteiger charge is 2.23. The van der Waals surface area contributed by atoms with Crippen LogP contribution in [0.3, 0.4) is 0 Å². The van der Waals surface area contributed by atoms with Gasteiger partial charge in [0.1, 0.15) is 5.82 Å². The lowest BCUT2D eigenvalue weighted by molar-refractivity contribution is 0.148. The molecule has 108 valence electrons. The van der Waals surface area contributed by atoms with Crippen molar-refractivity contribution < 1.29 is 4.39 Å². The zero-order valence-corrected chi connectivity index (χ0v) is 12.8. The average Bonchev–Trinajstić information content (AvgIpc) is 2.42. The van der Waals surface area contributed by atoms with E-state index in [0.29, 0.717) is 12.0 Å². The number of hydrogen-bond acceptors (Lipinski definition) is 2. The smallest absolute Gasteiger partial charge is 0.127 e. The van der Waals surface area contributed by atoms with E-state index in [0.717, 1.165) is 18.7 Å². The maximum Gasteiger partial charge on any atom is 0.127 e. The van der Waals surface area contributed by atoms with Gasteiger partial charge < -0.3 is 5.32 Å². The molecule has 3 heteroatoms. The van der Waals surface area contributed by atoms with Crippen LogP contribution in [0.25, 0.3) is 0 Å². The number of benzene rings is 1. The highest BCUT2D eigenvalue weighted by molar-refractivity contribution is 5.20. The Labute approximate surface area is 117 Å². The molecule has 0 aliphatic rings. The minimum atomic E-state index is -0.117. The molecular formula is C16H27FN2. The van der Waals surface area contributed by atoms with Crippen LogP contribution in [0.1, 0.15) is 39.3 Å². The van der Waals surface area contributed by atoms with Crippen molar-refractivity contribution in [3.8, 4) is 0 Å². The summed E-state index contributed by atoms with van der Waals surface area (Å²) in [5, 5.41) is 3.37. The molecule has 0 bridgehead atoms. The van der Waals surface area contributed by atoms with E-state index in [4.69, 9.17) is 0 Å². The SMILES string of the molecule is CCNCC(C)C(C)N(C)C(C)c1ccccc1F. The van der Waals surface area contributed by atoms with Crippen molar-refractivity contribution in [2.45, 2.75) is 39.8 Å². The van der Waals surface area contributed by atoms with Gasteiger partial charge in [0.2, 0.25) is 0 Å². The molecule has 0 aliphatic carbocycles. The van der Waals surface area contributed by atoms with Gasteiger partial charge in [-0.15, -0.1) is 0 Å². The van der Waals surface area contributed by atoms with Gasteiger partial charge >= 0.3 is 0 Å². The highest BCUT2D eigenvalue weighted by Crippen LogP contribution is 2.25. The van der Waals surface area contributed by atoms with Crippen LogP contribution in [0.5, 0.6) is 0 Å². The maximum atomic E-state index is 13.8. The minimum absolute atomic E-state index is 0.0836. The standard InChI is InChI=1S/C16H27FN2/c1-6-18-11-12(2)13(3)19(5)14(4)15-9-7-8-10-16(15)17/h7-10,12-14,18H,6,11H2,1-5H3. The molecule has 0 saturated heterocycles. The lowest BCUT2D eigenvalue weighted by Crippen LogP contribution is -2.40. The molecule has 0 heterocycles. The summed E-state index contributed by atoms with van der Waals surface area (Å²) in [6, 6.07) is 7.52. The number of hydrogen-bond donors (Lipinski definition) is 1. The summed E-state index contributed by atoms with van der Waals surface area (Å²) in [6.45, 7) is 10.6. The second-order valence-corrected chi connectivity index (χ2v) is 5.39. The summed E-state index contributed by atoms with van der Waals surface area (Å²) in [5.74, 6) is 0.410. The molecule has 3 unspecified atom stereocenters. The predicted octanol–water partition coefficient (Wildman–Crippen LogP) is 3.45. The van der Waals surface area contributed by atoms with Crippen LogP contribution in [0.4, 0.5) is 4.39 Å². The first-order chi connectivity index (χ1) is 8.99. The van der Waals surface area contributed by atoms with Crippen LogP contribution in [-0.4, -0.2) is 31.1 Å². The van der Waals surface area contributed by atoms with E-state index in [9.17, 15) is 4.39 Å². The second kappa shape index (κ2) is 7.61. The topological polar surface area (TPSA) is 15.3 Å². The van der Waals surface area contributed by atoms with Crippen molar-refractivity contribution in [1.82, 2.24) is 10.2 Å². The molecule has 0 aliphatic heterocycles. The Morgan fingerprint density at radius 3 is 2.42 bits per heavy atom. The van der Waals surface area contributed by atoms with Crippen LogP contribution in [0.2, 0.25) is 0 Å². The van der Waals surface area contributed by atoms with Gasteiger partial charge in [-0.2, -0.15) is 0 Å². The second-order valence-electron chi connectivity index (χ2n) is 5.39. The lowest BCUT2D eigenvalue weighted by atomic mass is 9.98. The molecule has 1 rings (SSSR count). The van der Waals surface area contributed by atoms with E-state index in [1.54, 1.807) is 6.07 Å². The van der Waals surface area contributed by atoms with Gasteiger partial charge in [0.05, 0.1) is 0 Å². The molecular weight excluding hydrogens is 239 g/mol. The Morgan fingerprint density at radius 1 is 1.21 bits per heavy atom. The monoisotopic (exact) mass is 266 g/mol. The number of rotatable bonds is 7. The Kier molecular flexibility index (Phi) is 6.46. The molecule has 0 saturated carbocycles. The number of nitrogens with zero attached hydrogens (tertiary/aromatic N) is 1. The van der Waals surface area contributed by atoms with Gasteiger partial charge in [0.15, 0.2) is 0 Å². The third-order valence-corrected chi connectivity index (χ3v) is 4.15. The minimum Gasteiger partial charge on any atom is -0.317 e. The summed E-state index contributed by atoms with van der Waals surface area (Å²) < 4.78 is 13.8. The molecule has 0 fully saturated rings. The highest BCUT2D eigenvalue weighted by atomic mass is 19.1. The third-order valence-electron chi connectivity index (χ3n) is 4.15. The Morgan fingerprint density at radius 2 is 1.84 bits per heavy atom. The molecule has 19 heavy (non-hydrogen) atoms. The van der Waals surface area contributed by atoms with E-state index < -0.39 is 0 Å². The van der Waals surface area contributed by atoms with Crippen molar-refractivity contribution in [3.63, 3.8) is 0 Å². The van der Waals surface area contributed by atoms with Gasteiger partial charge in [0.25, 0.3) is 0 Å². The van der Waals surface area contributed by atoms with E-state index in [2.05, 4.69) is 45.0 Å². The lowest BCUT2D eigenvalue weighted by Gasteiger charge is -2.35. The first kappa shape index (κ1) is 16.1. The van der Waals surface area contributed by atoms with Crippen LogP contribution >= 0.6 is 0 Å². The van der Waals surface area contributed by atoms with Gasteiger partial charge in [-0.1, -0.05) is 32.0 Å². The summed E-state index contributed by atoms with van der Waals surface area (Å²) >= 11 is 0. The van der Waals surface area contributed by atoms with E-state index in [1.807, 2.05) is 12.1 Å². The summed E-state index contributed by atoms with van der Waals surface area (Å²) in [6.07, 6.45) is 0. The summed E-state index contributed by atoms with van der Waals surface area (Å²) in [7, 11) is 2.07. The third kappa shape index (κ3) is 4.29. The quantitative estimate of drug-likeness (QED) is 0.813. The molecule has 0 radical (unpaired) electrons. The van der Waals surface area contributed by atoms with Crippen molar-refractivity contribution in [1.29, 1.82) is 0 Å². The largest absolute Gasteiger partial charge is 0.317 e. The Hall–Kier alpha value is -0.930. The van der Waals surface area contributed by atoms with Crippen molar-refractivity contribution in [3.05, 3.63) is 35.6 Å². The molecule has 3 atom stereocenters. The molecule has 0 spiro atoms. The van der Waals surface area contributed by atoms with Crippen molar-refractivity contribution in [2.75, 3.05) is 20.1 Å². The zero-order valence-electron chi connectivity index (χ0n) is 12.8. The summed E-state index contributed by atoms with van der Waals surface area (Å²) in [4.78, 5) is 2.25. The van der Waals surface area contributed by atoms with Gasteiger partial charge in [-0.05, 0) is 46.0 Å². The van der Waals surface area contributed by atoms with Crippen molar-refractivity contribution >= 4 is 0 Å². The Balaban J connectivity index is 2.71. The molecule has 0 aromatic heterocycles. The first-order valence-corrected chi connectivity index (χ1v) is 7.16. The molecule has 1 N–H and O–H groups in total. The van der Waals surface area contributed by atoms with Crippen molar-refractivity contribution in [2.24, 2.45) is 5.92 Å². The Bertz CT molecular complexity index is 381. The van der Waals surface area contributed by atoms with E-state index >= 15 is 0 Å². The van der Waals surface area contributed by atoms with Gasteiger partial charge in [-0.25, -0.2) is 4.39 Å².